The summed E-state index contributed by atoms with van der Waals surface area (Å²) in [4.78, 5) is 10.3. The average molecular weight is 260 g/mol. The normalized spacial score (nSPS) is 41.6. The van der Waals surface area contributed by atoms with Crippen LogP contribution in [-0.2, 0) is 33.5 Å². The monoisotopic (exact) mass is 260 g/mol. The van der Waals surface area contributed by atoms with E-state index in [1.807, 2.05) is 13.8 Å². The van der Waals surface area contributed by atoms with Gasteiger partial charge in [-0.3, -0.25) is 4.74 Å². The molecule has 3 heterocycles. The summed E-state index contributed by atoms with van der Waals surface area (Å²) in [5.41, 5.74) is 0. The smallest absolute Gasteiger partial charge is 0.294 e. The Hall–Kier alpha value is -0.860. The molecule has 0 aromatic heterocycles. The zero-order chi connectivity index (χ0) is 13.0. The number of rotatable bonds is 3. The molecule has 102 valence electrons. The van der Waals surface area contributed by atoms with Gasteiger partial charge in [0.2, 0.25) is 5.76 Å². The summed E-state index contributed by atoms with van der Waals surface area (Å²) >= 11 is 0. The Morgan fingerprint density at radius 1 is 1.17 bits per heavy atom. The van der Waals surface area contributed by atoms with Gasteiger partial charge >= 0.3 is 0 Å². The molecule has 3 rings (SSSR count). The summed E-state index contributed by atoms with van der Waals surface area (Å²) in [5, 5.41) is 0. The van der Waals surface area contributed by atoms with Crippen molar-refractivity contribution in [1.29, 1.82) is 0 Å². The van der Waals surface area contributed by atoms with Gasteiger partial charge in [-0.1, -0.05) is 0 Å². The first-order valence-electron chi connectivity index (χ1n) is 5.69. The summed E-state index contributed by atoms with van der Waals surface area (Å²) in [5.74, 6) is -1.07. The maximum absolute atomic E-state index is 5.76. The van der Waals surface area contributed by atoms with Gasteiger partial charge in [0.15, 0.2) is 11.5 Å². The molecule has 2 saturated heterocycles. The van der Waals surface area contributed by atoms with Gasteiger partial charge in [0, 0.05) is 0 Å². The molecule has 0 amide bonds. The molecule has 7 nitrogen and oxygen atoms in total. The van der Waals surface area contributed by atoms with Crippen LogP contribution in [0, 0.1) is 0 Å². The highest BCUT2D eigenvalue weighted by atomic mass is 17.3. The highest BCUT2D eigenvalue weighted by Crippen LogP contribution is 2.49. The quantitative estimate of drug-likeness (QED) is 0.690. The van der Waals surface area contributed by atoms with Crippen molar-refractivity contribution in [3.63, 3.8) is 0 Å². The Bertz CT molecular complexity index is 391. The second kappa shape index (κ2) is 3.82. The van der Waals surface area contributed by atoms with Gasteiger partial charge in [0.1, 0.15) is 6.10 Å². The topological polar surface area (TPSA) is 64.6 Å². The van der Waals surface area contributed by atoms with Crippen molar-refractivity contribution in [2.75, 3.05) is 20.8 Å². The molecule has 0 aromatic rings. The second-order valence-electron chi connectivity index (χ2n) is 4.72. The van der Waals surface area contributed by atoms with Gasteiger partial charge < -0.3 is 18.9 Å². The van der Waals surface area contributed by atoms with Gasteiger partial charge in [0.05, 0.1) is 20.8 Å². The minimum Gasteiger partial charge on any atom is -0.492 e. The Kier molecular flexibility index (Phi) is 2.58. The van der Waals surface area contributed by atoms with Gasteiger partial charge in [0.25, 0.3) is 12.1 Å². The van der Waals surface area contributed by atoms with Crippen molar-refractivity contribution in [3.8, 4) is 0 Å². The van der Waals surface area contributed by atoms with Crippen LogP contribution in [0.25, 0.3) is 0 Å². The lowest BCUT2D eigenvalue weighted by atomic mass is 10.1. The molecular formula is C11H16O7. The van der Waals surface area contributed by atoms with Crippen molar-refractivity contribution in [1.82, 2.24) is 0 Å². The predicted molar refractivity (Wildman–Crippen MR) is 55.7 cm³/mol. The van der Waals surface area contributed by atoms with E-state index in [0.717, 1.165) is 0 Å². The van der Waals surface area contributed by atoms with Crippen molar-refractivity contribution in [3.05, 3.63) is 11.5 Å². The molecule has 1 unspecified atom stereocenters. The molecule has 0 saturated carbocycles. The van der Waals surface area contributed by atoms with Crippen LogP contribution in [0.1, 0.15) is 13.8 Å². The molecule has 2 bridgehead atoms. The zero-order valence-corrected chi connectivity index (χ0v) is 10.7. The molecule has 7 heteroatoms. The van der Waals surface area contributed by atoms with E-state index in [1.165, 1.54) is 14.2 Å². The third-order valence-corrected chi connectivity index (χ3v) is 3.15. The molecule has 3 aliphatic heterocycles. The Morgan fingerprint density at radius 3 is 2.50 bits per heavy atom. The van der Waals surface area contributed by atoms with E-state index in [4.69, 9.17) is 33.5 Å². The predicted octanol–water partition coefficient (Wildman–Crippen LogP) is 0.657. The molecule has 0 spiro atoms. The van der Waals surface area contributed by atoms with Crippen LogP contribution in [0.2, 0.25) is 0 Å². The largest absolute Gasteiger partial charge is 0.492 e. The first kappa shape index (κ1) is 12.2. The highest BCUT2D eigenvalue weighted by molar-refractivity contribution is 5.24. The minimum atomic E-state index is -1.25. The van der Waals surface area contributed by atoms with Gasteiger partial charge in [-0.25, -0.2) is 0 Å². The first-order valence-corrected chi connectivity index (χ1v) is 5.69. The van der Waals surface area contributed by atoms with Gasteiger partial charge in [-0.2, -0.15) is 9.78 Å². The van der Waals surface area contributed by atoms with E-state index in [2.05, 4.69) is 0 Å². The third kappa shape index (κ3) is 1.49. The van der Waals surface area contributed by atoms with E-state index >= 15 is 0 Å². The van der Waals surface area contributed by atoms with Crippen LogP contribution in [-0.4, -0.2) is 44.8 Å². The van der Waals surface area contributed by atoms with Crippen molar-refractivity contribution in [2.45, 2.75) is 37.8 Å². The molecule has 0 aromatic carbocycles. The van der Waals surface area contributed by atoms with E-state index in [1.54, 1.807) is 0 Å². The highest BCUT2D eigenvalue weighted by Gasteiger charge is 2.66. The molecule has 2 fully saturated rings. The van der Waals surface area contributed by atoms with Crippen LogP contribution >= 0.6 is 0 Å². The Morgan fingerprint density at radius 2 is 1.94 bits per heavy atom. The lowest BCUT2D eigenvalue weighted by molar-refractivity contribution is -0.357. The number of hydrogen-bond donors (Lipinski definition) is 0. The molecule has 3 aliphatic rings. The lowest BCUT2D eigenvalue weighted by Crippen LogP contribution is -2.47. The second-order valence-corrected chi connectivity index (χ2v) is 4.72. The van der Waals surface area contributed by atoms with E-state index in [-0.39, 0.29) is 0 Å². The number of ether oxygens (including phenoxy) is 5. The van der Waals surface area contributed by atoms with E-state index in [0.29, 0.717) is 18.1 Å². The SMILES string of the molecule is COC1=C(OC)C2([C@@H]3COC(C)(C)O3)OO[C@H]1O2. The summed E-state index contributed by atoms with van der Waals surface area (Å²) < 4.78 is 27.5. The standard InChI is InChI=1S/C11H16O7/c1-10(2)14-5-6(15-10)11-8(13-4)7(12-3)9(16-11)17-18-11/h6,9H,5H2,1-4H3/t6-,9+,11?/m0/s1. The third-order valence-electron chi connectivity index (χ3n) is 3.15. The summed E-state index contributed by atoms with van der Waals surface area (Å²) in [6.45, 7) is 3.95. The summed E-state index contributed by atoms with van der Waals surface area (Å²) in [6, 6.07) is 0. The van der Waals surface area contributed by atoms with Crippen LogP contribution in [0.5, 0.6) is 0 Å². The van der Waals surface area contributed by atoms with Crippen LogP contribution in [0.3, 0.4) is 0 Å². The van der Waals surface area contributed by atoms with Crippen molar-refractivity contribution in [2.24, 2.45) is 0 Å². The molecule has 0 aliphatic carbocycles. The van der Waals surface area contributed by atoms with Crippen molar-refractivity contribution < 1.29 is 33.5 Å². The van der Waals surface area contributed by atoms with Gasteiger partial charge in [-0.15, -0.1) is 0 Å². The first-order chi connectivity index (χ1) is 8.52. The zero-order valence-electron chi connectivity index (χ0n) is 10.7. The van der Waals surface area contributed by atoms with Crippen LogP contribution in [0.4, 0.5) is 0 Å². The maximum Gasteiger partial charge on any atom is 0.294 e. The number of hydrogen-bond acceptors (Lipinski definition) is 7. The van der Waals surface area contributed by atoms with E-state index < -0.39 is 24.0 Å². The molecule has 18 heavy (non-hydrogen) atoms. The molecule has 0 N–H and O–H groups in total. The van der Waals surface area contributed by atoms with Crippen LogP contribution in [0.15, 0.2) is 11.5 Å². The maximum atomic E-state index is 5.76. The lowest BCUT2D eigenvalue weighted by Gasteiger charge is -2.29. The fourth-order valence-electron chi connectivity index (χ4n) is 2.36. The average Bonchev–Trinajstić information content (AvgIpc) is 2.98. The fraction of sp³-hybridized carbons (Fsp3) is 0.818. The van der Waals surface area contributed by atoms with E-state index in [9.17, 15) is 0 Å². The van der Waals surface area contributed by atoms with Gasteiger partial charge in [-0.05, 0) is 13.8 Å². The fourth-order valence-corrected chi connectivity index (χ4v) is 2.36. The van der Waals surface area contributed by atoms with Crippen molar-refractivity contribution >= 4 is 0 Å². The summed E-state index contributed by atoms with van der Waals surface area (Å²) in [7, 11) is 3.04. The Balaban J connectivity index is 1.93. The Labute approximate surface area is 104 Å². The number of methoxy groups -OCH3 is 2. The number of fused-ring (bicyclic) bond motifs is 2. The summed E-state index contributed by atoms with van der Waals surface area (Å²) in [6.07, 6.45) is -1.21. The molecular weight excluding hydrogens is 244 g/mol. The van der Waals surface area contributed by atoms with Crippen LogP contribution < -0.4 is 0 Å². The molecule has 3 atom stereocenters. The minimum absolute atomic E-state index is 0.312. The molecule has 0 radical (unpaired) electrons.